The number of aromatic nitrogens is 2. The van der Waals surface area contributed by atoms with Crippen LogP contribution in [0.2, 0.25) is 5.15 Å². The number of hydrogen-bond acceptors (Lipinski definition) is 16. The van der Waals surface area contributed by atoms with Crippen LogP contribution in [0.3, 0.4) is 0 Å². The number of nitrogens with zero attached hydrogens (tertiary/aromatic N) is 3. The Morgan fingerprint density at radius 2 is 1.56 bits per heavy atom. The number of carbonyl (C=O) groups excluding carboxylic acids is 2. The Kier molecular flexibility index (Phi) is 14.1. The Morgan fingerprint density at radius 1 is 0.965 bits per heavy atom. The molecule has 4 atom stereocenters. The van der Waals surface area contributed by atoms with Gasteiger partial charge in [-0.1, -0.05) is 24.4 Å². The molecule has 19 heteroatoms. The van der Waals surface area contributed by atoms with Gasteiger partial charge in [-0.3, -0.25) is 18.6 Å². The highest BCUT2D eigenvalue weighted by Gasteiger charge is 2.56. The first-order valence-electron chi connectivity index (χ1n) is 19.4. The fourth-order valence-corrected chi connectivity index (χ4v) is 8.39. The average Bonchev–Trinajstić information content (AvgIpc) is 3.94. The standard InChI is InChI=1S/C38H55ClN4O13P/c1-36(2)19-47-15-9-10-16-48-20-37(3,4)35(45)51-22-53-57(46,52-21-50-34(36)44)23-49-18-27-29-30(56-38(5,6)55-29)33(54-27)43-14-13-25-28(41-24-11-7-8-12-24)26(17-40)31(39)42-32(25)43/h13-14,24,27,29-30,33,46H,7-12,15-16,18-23H2,1-6H3,(H,41,42)/t27-,29-,30-,33-/m1/s1. The van der Waals surface area contributed by atoms with Gasteiger partial charge in [-0.15, -0.1) is 0 Å². The quantitative estimate of drug-likeness (QED) is 0.187. The minimum Gasteiger partial charge on any atom is -0.438 e. The van der Waals surface area contributed by atoms with E-state index < -0.39 is 81.0 Å². The number of anilines is 1. The molecule has 1 radical (unpaired) electrons. The number of rotatable bonds is 7. The Morgan fingerprint density at radius 3 is 2.16 bits per heavy atom. The number of carbonyl (C=O) groups is 2. The van der Waals surface area contributed by atoms with E-state index in [2.05, 4.69) is 16.4 Å². The van der Waals surface area contributed by atoms with Crippen molar-refractivity contribution in [2.45, 2.75) is 116 Å². The molecule has 3 saturated heterocycles. The molecule has 6 rings (SSSR count). The molecule has 4 aliphatic rings. The topological polar surface area (TPSA) is 200 Å². The van der Waals surface area contributed by atoms with Gasteiger partial charge in [-0.25, -0.2) is 4.98 Å². The highest BCUT2D eigenvalue weighted by molar-refractivity contribution is 7.60. The summed E-state index contributed by atoms with van der Waals surface area (Å²) in [5.41, 5.74) is -0.588. The number of pyridine rings is 1. The van der Waals surface area contributed by atoms with Crippen molar-refractivity contribution in [3.63, 3.8) is 0 Å². The Bertz CT molecular complexity index is 1740. The van der Waals surface area contributed by atoms with Crippen LogP contribution in [0.4, 0.5) is 5.69 Å². The van der Waals surface area contributed by atoms with E-state index in [0.29, 0.717) is 37.4 Å². The van der Waals surface area contributed by atoms with E-state index in [1.807, 2.05) is 16.8 Å². The van der Waals surface area contributed by atoms with E-state index >= 15 is 0 Å². The van der Waals surface area contributed by atoms with E-state index in [1.165, 1.54) is 0 Å². The number of fused-ring (bicyclic) bond motifs is 2. The lowest BCUT2D eigenvalue weighted by atomic mass is 9.95. The Balaban J connectivity index is 1.16. The molecule has 317 valence electrons. The number of cyclic esters (lactones) is 2. The molecule has 0 bridgehead atoms. The number of nitriles is 1. The fourth-order valence-electron chi connectivity index (χ4n) is 7.18. The van der Waals surface area contributed by atoms with Crippen LogP contribution in [0, 0.1) is 22.2 Å². The summed E-state index contributed by atoms with van der Waals surface area (Å²) >= 11 is 6.61. The van der Waals surface area contributed by atoms with Gasteiger partial charge in [0.1, 0.15) is 41.9 Å². The largest absolute Gasteiger partial charge is 0.438 e. The van der Waals surface area contributed by atoms with Crippen LogP contribution in [0.5, 0.6) is 0 Å². The molecule has 2 aromatic rings. The Labute approximate surface area is 338 Å². The van der Waals surface area contributed by atoms with Crippen molar-refractivity contribution in [2.75, 3.05) is 58.3 Å². The second-order valence-electron chi connectivity index (χ2n) is 16.6. The third-order valence-electron chi connectivity index (χ3n) is 10.3. The first-order valence-corrected chi connectivity index (χ1v) is 21.5. The number of halogens is 1. The van der Waals surface area contributed by atoms with E-state index in [9.17, 15) is 19.7 Å². The van der Waals surface area contributed by atoms with Gasteiger partial charge in [-0.05, 0) is 73.3 Å². The summed E-state index contributed by atoms with van der Waals surface area (Å²) in [6.45, 7) is 9.92. The van der Waals surface area contributed by atoms with Crippen molar-refractivity contribution < 1.29 is 61.4 Å². The van der Waals surface area contributed by atoms with Gasteiger partial charge in [0.05, 0.1) is 36.3 Å². The zero-order valence-electron chi connectivity index (χ0n) is 33.5. The number of ether oxygens (including phenoxy) is 8. The molecule has 17 nitrogen and oxygen atoms in total. The van der Waals surface area contributed by atoms with Crippen molar-refractivity contribution in [3.8, 4) is 6.07 Å². The molecule has 1 aliphatic carbocycles. The lowest BCUT2D eigenvalue weighted by Gasteiger charge is -2.30. The lowest BCUT2D eigenvalue weighted by Crippen LogP contribution is -2.34. The van der Waals surface area contributed by atoms with Crippen LogP contribution in [0.25, 0.3) is 11.0 Å². The Hall–Kier alpha value is -2.72. The predicted molar refractivity (Wildman–Crippen MR) is 206 cm³/mol. The summed E-state index contributed by atoms with van der Waals surface area (Å²) in [5.74, 6) is -2.18. The molecule has 0 aromatic carbocycles. The van der Waals surface area contributed by atoms with E-state index in [1.54, 1.807) is 41.5 Å². The van der Waals surface area contributed by atoms with Gasteiger partial charge in [0.25, 0.3) is 7.94 Å². The first kappa shape index (κ1) is 43.8. The van der Waals surface area contributed by atoms with E-state index in [-0.39, 0.29) is 36.6 Å². The number of hydrogen-bond donors (Lipinski definition) is 2. The molecular weight excluding hydrogens is 787 g/mol. The second-order valence-corrected chi connectivity index (χ2v) is 19.0. The van der Waals surface area contributed by atoms with Crippen molar-refractivity contribution in [2.24, 2.45) is 10.8 Å². The molecule has 2 N–H and O–H groups in total. The highest BCUT2D eigenvalue weighted by atomic mass is 35.5. The van der Waals surface area contributed by atoms with Gasteiger partial charge < -0.3 is 52.7 Å². The van der Waals surface area contributed by atoms with E-state index in [4.69, 9.17) is 58.5 Å². The number of esters is 2. The van der Waals surface area contributed by atoms with Crippen molar-refractivity contribution in [1.82, 2.24) is 9.55 Å². The molecular formula is C38H55ClN4O13P. The second kappa shape index (κ2) is 18.3. The van der Waals surface area contributed by atoms with Crippen LogP contribution in [0.15, 0.2) is 12.3 Å². The summed E-state index contributed by atoms with van der Waals surface area (Å²) < 4.78 is 60.3. The fraction of sp³-hybridized carbons (Fsp3) is 0.737. The van der Waals surface area contributed by atoms with Crippen molar-refractivity contribution in [3.05, 3.63) is 23.0 Å². The molecule has 0 spiro atoms. The summed E-state index contributed by atoms with van der Waals surface area (Å²) in [6, 6.07) is 4.30. The van der Waals surface area contributed by atoms with E-state index in [0.717, 1.165) is 31.1 Å². The molecule has 0 amide bonds. The molecule has 1 saturated carbocycles. The van der Waals surface area contributed by atoms with Crippen molar-refractivity contribution in [1.29, 1.82) is 5.26 Å². The molecule has 3 aliphatic heterocycles. The van der Waals surface area contributed by atoms with Crippen molar-refractivity contribution >= 4 is 48.2 Å². The maximum Gasteiger partial charge on any atom is 0.315 e. The highest BCUT2D eigenvalue weighted by Crippen LogP contribution is 2.57. The minimum absolute atomic E-state index is 0.0711. The SMILES string of the molecule is CC1(C)O[C@@H]2[C@H](O1)[C@@H](COC[P]1(O)OCOC(=O)C(C)(C)COCCCCOCC(C)(C)C(=O)OCO1)O[C@H]2n1ccc2c(NC3CCCC3)c(C#N)c(Cl)nc21. The molecule has 0 unspecified atom stereocenters. The third-order valence-corrected chi connectivity index (χ3v) is 12.1. The average molecular weight is 842 g/mol. The first-order chi connectivity index (χ1) is 27.0. The van der Waals surface area contributed by atoms with Gasteiger partial charge >= 0.3 is 11.9 Å². The van der Waals surface area contributed by atoms with Crippen LogP contribution < -0.4 is 5.32 Å². The van der Waals surface area contributed by atoms with Crippen LogP contribution in [-0.2, 0) is 56.5 Å². The van der Waals surface area contributed by atoms with Crippen LogP contribution in [-0.4, -0.2) is 109 Å². The smallest absolute Gasteiger partial charge is 0.315 e. The maximum absolute atomic E-state index is 12.9. The van der Waals surface area contributed by atoms with Gasteiger partial charge in [-0.2, -0.15) is 5.26 Å². The summed E-state index contributed by atoms with van der Waals surface area (Å²) in [6.07, 6.45) is 4.27. The minimum atomic E-state index is -3.99. The monoisotopic (exact) mass is 841 g/mol. The van der Waals surface area contributed by atoms with Crippen LogP contribution >= 0.6 is 19.5 Å². The normalized spacial score (nSPS) is 28.8. The molecule has 57 heavy (non-hydrogen) atoms. The third kappa shape index (κ3) is 10.5. The molecule has 4 fully saturated rings. The molecule has 5 heterocycles. The number of nitrogens with one attached hydrogen (secondary N) is 1. The summed E-state index contributed by atoms with van der Waals surface area (Å²) in [7, 11) is -3.99. The zero-order chi connectivity index (χ0) is 41.0. The predicted octanol–water partition coefficient (Wildman–Crippen LogP) is 5.98. The lowest BCUT2D eigenvalue weighted by molar-refractivity contribution is -0.201. The van der Waals surface area contributed by atoms with Gasteiger partial charge in [0.15, 0.2) is 30.8 Å². The summed E-state index contributed by atoms with van der Waals surface area (Å²) in [4.78, 5) is 42.0. The van der Waals surface area contributed by atoms with Crippen LogP contribution in [0.1, 0.15) is 91.9 Å². The van der Waals surface area contributed by atoms with Gasteiger partial charge in [0, 0.05) is 30.8 Å². The molecule has 2 aromatic heterocycles. The maximum atomic E-state index is 12.9. The summed E-state index contributed by atoms with van der Waals surface area (Å²) in [5, 5.41) is 14.3. The van der Waals surface area contributed by atoms with Gasteiger partial charge in [0.2, 0.25) is 0 Å². The zero-order valence-corrected chi connectivity index (χ0v) is 35.1.